The normalized spacial score (nSPS) is 11.0. The van der Waals surface area contributed by atoms with Crippen molar-refractivity contribution in [1.29, 1.82) is 0 Å². The summed E-state index contributed by atoms with van der Waals surface area (Å²) >= 11 is 0. The van der Waals surface area contributed by atoms with Crippen LogP contribution in [-0.4, -0.2) is 34.5 Å². The lowest BCUT2D eigenvalue weighted by Gasteiger charge is -2.07. The Hall–Kier alpha value is -2.71. The van der Waals surface area contributed by atoms with Gasteiger partial charge in [0, 0.05) is 0 Å². The van der Waals surface area contributed by atoms with E-state index in [0.29, 0.717) is 11.1 Å². The van der Waals surface area contributed by atoms with Crippen LogP contribution in [0, 0.1) is 0 Å². The van der Waals surface area contributed by atoms with Crippen LogP contribution >= 0.6 is 0 Å². The molecule has 132 valence electrons. The van der Waals surface area contributed by atoms with Crippen LogP contribution < -0.4 is 4.72 Å². The first-order valence-corrected chi connectivity index (χ1v) is 8.73. The van der Waals surface area contributed by atoms with Gasteiger partial charge in [0.15, 0.2) is 0 Å². The molecule has 7 nitrogen and oxygen atoms in total. The Morgan fingerprint density at radius 2 is 1.44 bits per heavy atom. The summed E-state index contributed by atoms with van der Waals surface area (Å²) in [6.45, 7) is 0.0247. The van der Waals surface area contributed by atoms with Crippen LogP contribution in [-0.2, 0) is 26.1 Å². The zero-order valence-electron chi connectivity index (χ0n) is 13.7. The highest BCUT2D eigenvalue weighted by molar-refractivity contribution is 7.89. The average Bonchev–Trinajstić information content (AvgIpc) is 2.66. The van der Waals surface area contributed by atoms with Gasteiger partial charge in [-0.3, -0.25) is 0 Å². The van der Waals surface area contributed by atoms with E-state index < -0.39 is 22.0 Å². The number of hydrogen-bond donors (Lipinski definition) is 1. The van der Waals surface area contributed by atoms with E-state index in [1.807, 2.05) is 0 Å². The highest BCUT2D eigenvalue weighted by Gasteiger charge is 2.13. The molecule has 0 bridgehead atoms. The molecule has 0 amide bonds. The maximum atomic E-state index is 12.0. The van der Waals surface area contributed by atoms with E-state index in [9.17, 15) is 18.0 Å². The molecule has 0 aliphatic carbocycles. The molecule has 0 spiro atoms. The Morgan fingerprint density at radius 1 is 0.920 bits per heavy atom. The number of hydrogen-bond acceptors (Lipinski definition) is 6. The molecule has 25 heavy (non-hydrogen) atoms. The molecule has 0 aliphatic rings. The van der Waals surface area contributed by atoms with Crippen LogP contribution in [0.3, 0.4) is 0 Å². The van der Waals surface area contributed by atoms with Crippen molar-refractivity contribution in [2.45, 2.75) is 11.5 Å². The Kier molecular flexibility index (Phi) is 5.89. The summed E-state index contributed by atoms with van der Waals surface area (Å²) in [5.74, 6) is -1.02. The fourth-order valence-electron chi connectivity index (χ4n) is 1.98. The molecular formula is C17H17NO6S. The molecule has 0 saturated carbocycles. The van der Waals surface area contributed by atoms with E-state index in [2.05, 4.69) is 9.46 Å². The smallest absolute Gasteiger partial charge is 0.338 e. The van der Waals surface area contributed by atoms with Gasteiger partial charge in [0.1, 0.15) is 6.61 Å². The number of sulfonamides is 1. The van der Waals surface area contributed by atoms with Gasteiger partial charge in [-0.25, -0.2) is 22.7 Å². The fraction of sp³-hybridized carbons (Fsp3) is 0.176. The maximum absolute atomic E-state index is 12.0. The average molecular weight is 363 g/mol. The summed E-state index contributed by atoms with van der Waals surface area (Å²) in [5.41, 5.74) is 1.34. The number of ether oxygens (including phenoxy) is 2. The second-order valence-electron chi connectivity index (χ2n) is 5.00. The van der Waals surface area contributed by atoms with Gasteiger partial charge in [-0.05, 0) is 49.0 Å². The lowest BCUT2D eigenvalue weighted by Crippen LogP contribution is -2.18. The maximum Gasteiger partial charge on any atom is 0.338 e. The van der Waals surface area contributed by atoms with Crippen molar-refractivity contribution < 1.29 is 27.5 Å². The minimum Gasteiger partial charge on any atom is -0.465 e. The number of carbonyl (C=O) groups is 2. The Balaban J connectivity index is 1.99. The third-order valence-electron chi connectivity index (χ3n) is 3.41. The Labute approximate surface area is 145 Å². The van der Waals surface area contributed by atoms with E-state index in [1.54, 1.807) is 24.3 Å². The molecule has 0 radical (unpaired) electrons. The van der Waals surface area contributed by atoms with E-state index in [1.165, 1.54) is 38.4 Å². The molecule has 8 heteroatoms. The largest absolute Gasteiger partial charge is 0.465 e. The SMILES string of the molecule is CNS(=O)(=O)c1ccc(C(=O)OCc2ccc(C(=O)OC)cc2)cc1. The van der Waals surface area contributed by atoms with Crippen molar-refractivity contribution in [3.05, 3.63) is 65.2 Å². The minimum absolute atomic E-state index is 0.0247. The van der Waals surface area contributed by atoms with Crippen LogP contribution in [0.4, 0.5) is 0 Å². The highest BCUT2D eigenvalue weighted by atomic mass is 32.2. The van der Waals surface area contributed by atoms with Gasteiger partial charge in [0.25, 0.3) is 0 Å². The lowest BCUT2D eigenvalue weighted by molar-refractivity contribution is 0.0471. The molecule has 2 aromatic carbocycles. The standard InChI is InChI=1S/C17H17NO6S/c1-18-25(21,22)15-9-7-14(8-10-15)17(20)24-11-12-3-5-13(6-4-12)16(19)23-2/h3-10,18H,11H2,1-2H3. The van der Waals surface area contributed by atoms with Gasteiger partial charge in [-0.1, -0.05) is 12.1 Å². The molecule has 0 aliphatic heterocycles. The van der Waals surface area contributed by atoms with Crippen molar-refractivity contribution in [1.82, 2.24) is 4.72 Å². The van der Waals surface area contributed by atoms with Gasteiger partial charge in [0.2, 0.25) is 10.0 Å². The zero-order valence-corrected chi connectivity index (χ0v) is 14.5. The molecule has 0 unspecified atom stereocenters. The Morgan fingerprint density at radius 3 is 1.96 bits per heavy atom. The van der Waals surface area contributed by atoms with Gasteiger partial charge >= 0.3 is 11.9 Å². The molecule has 0 fully saturated rings. The first-order valence-electron chi connectivity index (χ1n) is 7.25. The van der Waals surface area contributed by atoms with Crippen LogP contribution in [0.5, 0.6) is 0 Å². The van der Waals surface area contributed by atoms with Gasteiger partial charge < -0.3 is 9.47 Å². The summed E-state index contributed by atoms with van der Waals surface area (Å²) in [6.07, 6.45) is 0. The molecule has 0 aromatic heterocycles. The number of rotatable bonds is 6. The molecule has 2 rings (SSSR count). The molecule has 0 heterocycles. The van der Waals surface area contributed by atoms with Gasteiger partial charge in [-0.15, -0.1) is 0 Å². The summed E-state index contributed by atoms with van der Waals surface area (Å²) in [5, 5.41) is 0. The molecular weight excluding hydrogens is 346 g/mol. The second-order valence-corrected chi connectivity index (χ2v) is 6.88. The van der Waals surface area contributed by atoms with Crippen molar-refractivity contribution in [3.63, 3.8) is 0 Å². The van der Waals surface area contributed by atoms with Crippen molar-refractivity contribution in [2.24, 2.45) is 0 Å². The first kappa shape index (κ1) is 18.6. The number of nitrogens with one attached hydrogen (secondary N) is 1. The topological polar surface area (TPSA) is 98.8 Å². The van der Waals surface area contributed by atoms with E-state index in [4.69, 9.17) is 4.74 Å². The minimum atomic E-state index is -3.55. The van der Waals surface area contributed by atoms with Crippen LogP contribution in [0.2, 0.25) is 0 Å². The van der Waals surface area contributed by atoms with Gasteiger partial charge in [-0.2, -0.15) is 0 Å². The predicted octanol–water partition coefficient (Wildman–Crippen LogP) is 1.74. The van der Waals surface area contributed by atoms with Gasteiger partial charge in [0.05, 0.1) is 23.1 Å². The van der Waals surface area contributed by atoms with E-state index in [0.717, 1.165) is 0 Å². The summed E-state index contributed by atoms with van der Waals surface area (Å²) in [6, 6.07) is 11.9. The quantitative estimate of drug-likeness (QED) is 0.785. The number of methoxy groups -OCH3 is 1. The number of benzene rings is 2. The number of carbonyl (C=O) groups excluding carboxylic acids is 2. The van der Waals surface area contributed by atoms with Crippen molar-refractivity contribution >= 4 is 22.0 Å². The molecule has 0 atom stereocenters. The lowest BCUT2D eigenvalue weighted by atomic mass is 10.1. The van der Waals surface area contributed by atoms with E-state index >= 15 is 0 Å². The molecule has 1 N–H and O–H groups in total. The first-order chi connectivity index (χ1) is 11.9. The molecule has 0 saturated heterocycles. The van der Waals surface area contributed by atoms with Crippen LogP contribution in [0.15, 0.2) is 53.4 Å². The van der Waals surface area contributed by atoms with E-state index in [-0.39, 0.29) is 17.1 Å². The van der Waals surface area contributed by atoms with Crippen molar-refractivity contribution in [2.75, 3.05) is 14.2 Å². The summed E-state index contributed by atoms with van der Waals surface area (Å²) in [4.78, 5) is 23.4. The predicted molar refractivity (Wildman–Crippen MR) is 89.6 cm³/mol. The van der Waals surface area contributed by atoms with Crippen LogP contribution in [0.25, 0.3) is 0 Å². The molecule has 2 aromatic rings. The highest BCUT2D eigenvalue weighted by Crippen LogP contribution is 2.12. The third kappa shape index (κ3) is 4.65. The fourth-order valence-corrected chi connectivity index (χ4v) is 2.71. The zero-order chi connectivity index (χ0) is 18.4. The summed E-state index contributed by atoms with van der Waals surface area (Å²) < 4.78 is 35.2. The van der Waals surface area contributed by atoms with Crippen molar-refractivity contribution in [3.8, 4) is 0 Å². The Bertz CT molecular complexity index is 857. The van der Waals surface area contributed by atoms with Crippen LogP contribution in [0.1, 0.15) is 26.3 Å². The third-order valence-corrected chi connectivity index (χ3v) is 4.84. The number of esters is 2. The summed E-state index contributed by atoms with van der Waals surface area (Å²) in [7, 11) is -0.944. The second kappa shape index (κ2) is 7.91. The monoisotopic (exact) mass is 363 g/mol.